The van der Waals surface area contributed by atoms with E-state index in [4.69, 9.17) is 4.74 Å². The average Bonchev–Trinajstić information content (AvgIpc) is 3.06. The van der Waals surface area contributed by atoms with Crippen molar-refractivity contribution >= 4 is 5.78 Å². The number of carbonyl (C=O) groups is 1. The van der Waals surface area contributed by atoms with Gasteiger partial charge in [-0.1, -0.05) is 44.2 Å². The maximum Gasteiger partial charge on any atom is 0.414 e. The van der Waals surface area contributed by atoms with Gasteiger partial charge in [-0.05, 0) is 17.9 Å². The number of benzene rings is 1. The van der Waals surface area contributed by atoms with Crippen LogP contribution in [-0.2, 0) is 16.1 Å². The van der Waals surface area contributed by atoms with E-state index in [1.807, 2.05) is 30.3 Å². The molecule has 4 atom stereocenters. The second-order valence-electron chi connectivity index (χ2n) is 7.18. The van der Waals surface area contributed by atoms with Gasteiger partial charge in [0.25, 0.3) is 0 Å². The summed E-state index contributed by atoms with van der Waals surface area (Å²) in [6, 6.07) is 9.09. The lowest BCUT2D eigenvalue weighted by atomic mass is 9.84. The van der Waals surface area contributed by atoms with Gasteiger partial charge in [0.05, 0.1) is 18.8 Å². The smallest absolute Gasteiger partial charge is 0.383 e. The summed E-state index contributed by atoms with van der Waals surface area (Å²) >= 11 is 0. The Morgan fingerprint density at radius 1 is 1.31 bits per heavy atom. The standard InChI is InChI=1S/C19H26F3NO3/c1-12(2)15(18(25)19(20,21)22)9-17(24)16-8-14(10-23-16)26-11-13-6-4-3-5-7-13/h3-7,12,14-16,18,23,25H,8-11H2,1-2H3/t14-,15+,16+,18+/m1/s1. The molecule has 0 unspecified atom stereocenters. The number of halogens is 3. The van der Waals surface area contributed by atoms with Gasteiger partial charge < -0.3 is 15.2 Å². The first kappa shape index (κ1) is 20.9. The first-order chi connectivity index (χ1) is 12.2. The van der Waals surface area contributed by atoms with Crippen molar-refractivity contribution in [1.29, 1.82) is 0 Å². The molecule has 7 heteroatoms. The van der Waals surface area contributed by atoms with E-state index in [0.29, 0.717) is 19.6 Å². The van der Waals surface area contributed by atoms with E-state index in [9.17, 15) is 23.1 Å². The lowest BCUT2D eigenvalue weighted by molar-refractivity contribution is -0.224. The third kappa shape index (κ3) is 5.79. The summed E-state index contributed by atoms with van der Waals surface area (Å²) in [5.74, 6) is -1.91. The number of ether oxygens (including phenoxy) is 1. The summed E-state index contributed by atoms with van der Waals surface area (Å²) in [6.07, 6.45) is -7.24. The highest BCUT2D eigenvalue weighted by molar-refractivity contribution is 5.84. The normalized spacial score (nSPS) is 23.2. The van der Waals surface area contributed by atoms with E-state index >= 15 is 0 Å². The first-order valence-electron chi connectivity index (χ1n) is 8.85. The molecule has 0 radical (unpaired) electrons. The van der Waals surface area contributed by atoms with Crippen molar-refractivity contribution < 1.29 is 27.8 Å². The van der Waals surface area contributed by atoms with Crippen molar-refractivity contribution in [3.63, 3.8) is 0 Å². The van der Waals surface area contributed by atoms with Crippen molar-refractivity contribution in [3.8, 4) is 0 Å². The van der Waals surface area contributed by atoms with Crippen LogP contribution in [0.5, 0.6) is 0 Å². The number of aliphatic hydroxyl groups is 1. The molecule has 26 heavy (non-hydrogen) atoms. The Morgan fingerprint density at radius 3 is 2.54 bits per heavy atom. The second-order valence-corrected chi connectivity index (χ2v) is 7.18. The monoisotopic (exact) mass is 373 g/mol. The van der Waals surface area contributed by atoms with Gasteiger partial charge in [-0.15, -0.1) is 0 Å². The fraction of sp³-hybridized carbons (Fsp3) is 0.632. The molecule has 146 valence electrons. The van der Waals surface area contributed by atoms with Gasteiger partial charge in [-0.2, -0.15) is 13.2 Å². The quantitative estimate of drug-likeness (QED) is 0.735. The number of carbonyl (C=O) groups excluding carboxylic acids is 1. The SMILES string of the molecule is CC(C)[C@H](CC(=O)[C@@H]1C[C@@H](OCc2ccccc2)CN1)[C@H](O)C(F)(F)F. The Hall–Kier alpha value is -1.44. The summed E-state index contributed by atoms with van der Waals surface area (Å²) in [7, 11) is 0. The summed E-state index contributed by atoms with van der Waals surface area (Å²) in [6.45, 7) is 4.08. The van der Waals surface area contributed by atoms with Crippen LogP contribution in [0.25, 0.3) is 0 Å². The van der Waals surface area contributed by atoms with Crippen LogP contribution in [0, 0.1) is 11.8 Å². The van der Waals surface area contributed by atoms with Crippen LogP contribution in [0.2, 0.25) is 0 Å². The van der Waals surface area contributed by atoms with Gasteiger partial charge in [0.1, 0.15) is 5.78 Å². The van der Waals surface area contributed by atoms with Crippen molar-refractivity contribution in [1.82, 2.24) is 5.32 Å². The van der Waals surface area contributed by atoms with Crippen LogP contribution in [0.15, 0.2) is 30.3 Å². The zero-order valence-corrected chi connectivity index (χ0v) is 15.0. The molecule has 1 fully saturated rings. The molecule has 0 saturated carbocycles. The number of nitrogens with one attached hydrogen (secondary N) is 1. The van der Waals surface area contributed by atoms with Crippen LogP contribution >= 0.6 is 0 Å². The number of aliphatic hydroxyl groups excluding tert-OH is 1. The predicted molar refractivity (Wildman–Crippen MR) is 91.4 cm³/mol. The summed E-state index contributed by atoms with van der Waals surface area (Å²) in [5.41, 5.74) is 1.02. The van der Waals surface area contributed by atoms with E-state index in [1.165, 1.54) is 0 Å². The van der Waals surface area contributed by atoms with Crippen molar-refractivity contribution in [2.45, 2.75) is 57.7 Å². The topological polar surface area (TPSA) is 58.6 Å². The molecule has 0 bridgehead atoms. The Balaban J connectivity index is 1.85. The van der Waals surface area contributed by atoms with Gasteiger partial charge in [0, 0.05) is 18.9 Å². The zero-order chi connectivity index (χ0) is 19.3. The Labute approximate surface area is 151 Å². The van der Waals surface area contributed by atoms with Crippen molar-refractivity contribution in [2.75, 3.05) is 6.54 Å². The highest BCUT2D eigenvalue weighted by Crippen LogP contribution is 2.32. The first-order valence-corrected chi connectivity index (χ1v) is 8.85. The minimum Gasteiger partial charge on any atom is -0.383 e. The molecule has 1 aromatic carbocycles. The predicted octanol–water partition coefficient (Wildman–Crippen LogP) is 3.09. The summed E-state index contributed by atoms with van der Waals surface area (Å²) in [5, 5.41) is 12.6. The van der Waals surface area contributed by atoms with E-state index in [1.54, 1.807) is 13.8 Å². The Morgan fingerprint density at radius 2 is 1.96 bits per heavy atom. The van der Waals surface area contributed by atoms with E-state index in [0.717, 1.165) is 5.56 Å². The number of hydrogen-bond donors (Lipinski definition) is 2. The highest BCUT2D eigenvalue weighted by Gasteiger charge is 2.45. The van der Waals surface area contributed by atoms with Crippen LogP contribution in [-0.4, -0.2) is 41.9 Å². The second kappa shape index (κ2) is 8.97. The van der Waals surface area contributed by atoms with Gasteiger partial charge >= 0.3 is 6.18 Å². The lowest BCUT2D eigenvalue weighted by Gasteiger charge is -2.28. The molecule has 1 saturated heterocycles. The molecule has 0 aliphatic carbocycles. The number of hydrogen-bond acceptors (Lipinski definition) is 4. The third-order valence-corrected chi connectivity index (χ3v) is 4.84. The van der Waals surface area contributed by atoms with E-state index in [-0.39, 0.29) is 18.3 Å². The van der Waals surface area contributed by atoms with E-state index in [2.05, 4.69) is 5.32 Å². The van der Waals surface area contributed by atoms with Crippen LogP contribution in [0.4, 0.5) is 13.2 Å². The molecule has 0 aromatic heterocycles. The minimum absolute atomic E-state index is 0.158. The molecule has 1 aromatic rings. The fourth-order valence-electron chi connectivity index (χ4n) is 3.19. The Bertz CT molecular complexity index is 577. The number of rotatable bonds is 8. The molecule has 1 heterocycles. The van der Waals surface area contributed by atoms with Gasteiger partial charge in [0.15, 0.2) is 6.10 Å². The maximum atomic E-state index is 12.8. The Kier molecular flexibility index (Phi) is 7.20. The van der Waals surface area contributed by atoms with Crippen LogP contribution < -0.4 is 5.32 Å². The minimum atomic E-state index is -4.72. The van der Waals surface area contributed by atoms with Crippen LogP contribution in [0.1, 0.15) is 32.3 Å². The molecule has 0 amide bonds. The zero-order valence-electron chi connectivity index (χ0n) is 15.0. The number of alkyl halides is 3. The van der Waals surface area contributed by atoms with E-state index < -0.39 is 30.2 Å². The fourth-order valence-corrected chi connectivity index (χ4v) is 3.19. The van der Waals surface area contributed by atoms with Crippen LogP contribution in [0.3, 0.4) is 0 Å². The highest BCUT2D eigenvalue weighted by atomic mass is 19.4. The maximum absolute atomic E-state index is 12.8. The summed E-state index contributed by atoms with van der Waals surface area (Å²) < 4.78 is 44.2. The molecular weight excluding hydrogens is 347 g/mol. The number of ketones is 1. The summed E-state index contributed by atoms with van der Waals surface area (Å²) in [4.78, 5) is 12.4. The third-order valence-electron chi connectivity index (χ3n) is 4.84. The van der Waals surface area contributed by atoms with Gasteiger partial charge in [-0.25, -0.2) is 0 Å². The lowest BCUT2D eigenvalue weighted by Crippen LogP contribution is -2.42. The molecule has 2 rings (SSSR count). The van der Waals surface area contributed by atoms with Crippen molar-refractivity contribution in [2.24, 2.45) is 11.8 Å². The molecule has 0 spiro atoms. The van der Waals surface area contributed by atoms with Crippen molar-refractivity contribution in [3.05, 3.63) is 35.9 Å². The number of Topliss-reactive ketones (excluding diaryl/α,β-unsaturated/α-hetero) is 1. The molecule has 4 nitrogen and oxygen atoms in total. The molecular formula is C19H26F3NO3. The largest absolute Gasteiger partial charge is 0.414 e. The van der Waals surface area contributed by atoms with Gasteiger partial charge in [-0.3, -0.25) is 4.79 Å². The van der Waals surface area contributed by atoms with Gasteiger partial charge in [0.2, 0.25) is 0 Å². The molecule has 1 aliphatic heterocycles. The molecule has 2 N–H and O–H groups in total. The molecule has 1 aliphatic rings. The average molecular weight is 373 g/mol.